The van der Waals surface area contributed by atoms with E-state index >= 15 is 0 Å². The standard InChI is InChI=1S/C23H27N3S/c1-2-6-18(7-3-1)16-25-13-10-20(17-25)19-11-14-26(15-12-19)23-24-21-8-4-5-9-22(21)27-23/h1-9,19-20H,10-17H2/t20-/m1/s1. The Labute approximate surface area is 165 Å². The Balaban J connectivity index is 1.16. The summed E-state index contributed by atoms with van der Waals surface area (Å²) in [5, 5.41) is 1.21. The zero-order valence-corrected chi connectivity index (χ0v) is 16.6. The normalized spacial score (nSPS) is 21.9. The maximum atomic E-state index is 4.85. The number of nitrogens with zero attached hydrogens (tertiary/aromatic N) is 3. The maximum absolute atomic E-state index is 4.85. The summed E-state index contributed by atoms with van der Waals surface area (Å²) in [6.45, 7) is 5.99. The van der Waals surface area contributed by atoms with Gasteiger partial charge in [0, 0.05) is 26.2 Å². The van der Waals surface area contributed by atoms with Crippen LogP contribution < -0.4 is 4.90 Å². The van der Waals surface area contributed by atoms with Gasteiger partial charge in [0.05, 0.1) is 10.2 Å². The molecule has 2 aromatic carbocycles. The lowest BCUT2D eigenvalue weighted by molar-refractivity contribution is 0.252. The van der Waals surface area contributed by atoms with Crippen molar-refractivity contribution < 1.29 is 0 Å². The predicted molar refractivity (Wildman–Crippen MR) is 114 cm³/mol. The minimum Gasteiger partial charge on any atom is -0.348 e. The van der Waals surface area contributed by atoms with Crippen LogP contribution in [0.25, 0.3) is 10.2 Å². The molecule has 0 bridgehead atoms. The van der Waals surface area contributed by atoms with Crippen molar-refractivity contribution in [2.75, 3.05) is 31.1 Å². The van der Waals surface area contributed by atoms with Crippen LogP contribution in [0, 0.1) is 11.8 Å². The predicted octanol–water partition coefficient (Wildman–Crippen LogP) is 5.03. The van der Waals surface area contributed by atoms with Crippen molar-refractivity contribution in [2.24, 2.45) is 11.8 Å². The third kappa shape index (κ3) is 3.74. The van der Waals surface area contributed by atoms with Gasteiger partial charge >= 0.3 is 0 Å². The molecule has 0 saturated carbocycles. The van der Waals surface area contributed by atoms with Gasteiger partial charge in [0.2, 0.25) is 0 Å². The second kappa shape index (κ2) is 7.61. The molecule has 1 aromatic heterocycles. The van der Waals surface area contributed by atoms with E-state index in [0.29, 0.717) is 0 Å². The van der Waals surface area contributed by atoms with Crippen molar-refractivity contribution in [2.45, 2.75) is 25.8 Å². The van der Waals surface area contributed by atoms with E-state index in [4.69, 9.17) is 4.98 Å². The van der Waals surface area contributed by atoms with Crippen molar-refractivity contribution >= 4 is 26.7 Å². The van der Waals surface area contributed by atoms with Gasteiger partial charge < -0.3 is 4.90 Å². The molecule has 140 valence electrons. The van der Waals surface area contributed by atoms with Gasteiger partial charge in [-0.1, -0.05) is 53.8 Å². The molecule has 5 rings (SSSR count). The highest BCUT2D eigenvalue weighted by atomic mass is 32.1. The lowest BCUT2D eigenvalue weighted by atomic mass is 9.84. The quantitative estimate of drug-likeness (QED) is 0.635. The number of piperidine rings is 1. The van der Waals surface area contributed by atoms with Crippen LogP contribution in [0.1, 0.15) is 24.8 Å². The molecule has 0 aliphatic carbocycles. The molecular weight excluding hydrogens is 350 g/mol. The first-order chi connectivity index (χ1) is 13.3. The fourth-order valence-corrected chi connectivity index (χ4v) is 5.81. The van der Waals surface area contributed by atoms with Gasteiger partial charge in [-0.15, -0.1) is 0 Å². The summed E-state index contributed by atoms with van der Waals surface area (Å²) in [6.07, 6.45) is 4.01. The first-order valence-electron chi connectivity index (χ1n) is 10.2. The molecule has 2 fully saturated rings. The Morgan fingerprint density at radius 2 is 1.59 bits per heavy atom. The monoisotopic (exact) mass is 377 g/mol. The van der Waals surface area contributed by atoms with Crippen LogP contribution in [0.3, 0.4) is 0 Å². The first-order valence-corrected chi connectivity index (χ1v) is 11.0. The van der Waals surface area contributed by atoms with E-state index in [1.165, 1.54) is 60.8 Å². The highest BCUT2D eigenvalue weighted by Crippen LogP contribution is 2.36. The van der Waals surface area contributed by atoms with Crippen LogP contribution in [0.15, 0.2) is 54.6 Å². The van der Waals surface area contributed by atoms with Crippen LogP contribution in [-0.4, -0.2) is 36.1 Å². The second-order valence-corrected chi connectivity index (χ2v) is 9.07. The molecular formula is C23H27N3S. The van der Waals surface area contributed by atoms with E-state index in [-0.39, 0.29) is 0 Å². The van der Waals surface area contributed by atoms with Gasteiger partial charge in [0.25, 0.3) is 0 Å². The molecule has 1 atom stereocenters. The van der Waals surface area contributed by atoms with E-state index in [0.717, 1.165) is 23.9 Å². The summed E-state index contributed by atoms with van der Waals surface area (Å²) in [6, 6.07) is 19.4. The molecule has 0 unspecified atom stereocenters. The molecule has 27 heavy (non-hydrogen) atoms. The summed E-state index contributed by atoms with van der Waals surface area (Å²) < 4.78 is 1.31. The Morgan fingerprint density at radius 1 is 0.852 bits per heavy atom. The molecule has 0 amide bonds. The third-order valence-electron chi connectivity index (χ3n) is 6.32. The van der Waals surface area contributed by atoms with Crippen LogP contribution in [-0.2, 0) is 6.54 Å². The fourth-order valence-electron chi connectivity index (χ4n) is 4.79. The number of fused-ring (bicyclic) bond motifs is 1. The SMILES string of the molecule is c1ccc(CN2CC[C@@H](C3CCN(c4nc5ccccc5s4)CC3)C2)cc1. The largest absolute Gasteiger partial charge is 0.348 e. The van der Waals surface area contributed by atoms with Gasteiger partial charge in [-0.3, -0.25) is 4.90 Å². The number of benzene rings is 2. The highest BCUT2D eigenvalue weighted by molar-refractivity contribution is 7.22. The topological polar surface area (TPSA) is 19.4 Å². The molecule has 0 spiro atoms. The van der Waals surface area contributed by atoms with Crippen LogP contribution >= 0.6 is 11.3 Å². The molecule has 4 heteroatoms. The van der Waals surface area contributed by atoms with Crippen LogP contribution in [0.4, 0.5) is 5.13 Å². The van der Waals surface area contributed by atoms with Gasteiger partial charge in [0.15, 0.2) is 5.13 Å². The average Bonchev–Trinajstić information content (AvgIpc) is 3.36. The molecule has 2 saturated heterocycles. The summed E-state index contributed by atoms with van der Waals surface area (Å²) in [4.78, 5) is 10.0. The Morgan fingerprint density at radius 3 is 2.41 bits per heavy atom. The van der Waals surface area contributed by atoms with Gasteiger partial charge in [0.1, 0.15) is 0 Å². The molecule has 2 aliphatic rings. The summed E-state index contributed by atoms with van der Waals surface area (Å²) >= 11 is 1.85. The van der Waals surface area contributed by atoms with E-state index in [1.54, 1.807) is 0 Å². The lowest BCUT2D eigenvalue weighted by Gasteiger charge is -2.34. The number of likely N-dealkylation sites (tertiary alicyclic amines) is 1. The average molecular weight is 378 g/mol. The van der Waals surface area contributed by atoms with E-state index in [2.05, 4.69) is 64.4 Å². The van der Waals surface area contributed by atoms with Crippen LogP contribution in [0.5, 0.6) is 0 Å². The summed E-state index contributed by atoms with van der Waals surface area (Å²) in [7, 11) is 0. The van der Waals surface area contributed by atoms with Crippen molar-refractivity contribution in [1.29, 1.82) is 0 Å². The smallest absolute Gasteiger partial charge is 0.186 e. The molecule has 3 heterocycles. The van der Waals surface area contributed by atoms with E-state index < -0.39 is 0 Å². The third-order valence-corrected chi connectivity index (χ3v) is 7.41. The first kappa shape index (κ1) is 17.2. The number of hydrogen-bond acceptors (Lipinski definition) is 4. The van der Waals surface area contributed by atoms with Crippen molar-refractivity contribution in [3.05, 3.63) is 60.2 Å². The zero-order valence-electron chi connectivity index (χ0n) is 15.8. The maximum Gasteiger partial charge on any atom is 0.186 e. The molecule has 0 N–H and O–H groups in total. The lowest BCUT2D eigenvalue weighted by Crippen LogP contribution is -2.36. The Bertz CT molecular complexity index is 850. The summed E-state index contributed by atoms with van der Waals surface area (Å²) in [5.74, 6) is 1.77. The minimum atomic E-state index is 0.881. The Kier molecular flexibility index (Phi) is 4.85. The Hall–Kier alpha value is -1.91. The molecule has 2 aliphatic heterocycles. The van der Waals surface area contributed by atoms with Gasteiger partial charge in [-0.25, -0.2) is 4.98 Å². The highest BCUT2D eigenvalue weighted by Gasteiger charge is 2.32. The van der Waals surface area contributed by atoms with E-state index in [9.17, 15) is 0 Å². The number of hydrogen-bond donors (Lipinski definition) is 0. The van der Waals surface area contributed by atoms with Crippen molar-refractivity contribution in [1.82, 2.24) is 9.88 Å². The zero-order chi connectivity index (χ0) is 18.1. The number of para-hydroxylation sites is 1. The van der Waals surface area contributed by atoms with E-state index in [1.807, 2.05) is 11.3 Å². The second-order valence-electron chi connectivity index (χ2n) is 8.06. The fraction of sp³-hybridized carbons (Fsp3) is 0.435. The van der Waals surface area contributed by atoms with Gasteiger partial charge in [-0.2, -0.15) is 0 Å². The van der Waals surface area contributed by atoms with Gasteiger partial charge in [-0.05, 0) is 55.3 Å². The molecule has 0 radical (unpaired) electrons. The number of rotatable bonds is 4. The molecule has 3 aromatic rings. The minimum absolute atomic E-state index is 0.881. The number of aromatic nitrogens is 1. The summed E-state index contributed by atoms with van der Waals surface area (Å²) in [5.41, 5.74) is 2.59. The number of thiazole rings is 1. The molecule has 3 nitrogen and oxygen atoms in total. The number of anilines is 1. The van der Waals surface area contributed by atoms with Crippen molar-refractivity contribution in [3.63, 3.8) is 0 Å². The van der Waals surface area contributed by atoms with Crippen molar-refractivity contribution in [3.8, 4) is 0 Å². The van der Waals surface area contributed by atoms with Crippen LogP contribution in [0.2, 0.25) is 0 Å².